The summed E-state index contributed by atoms with van der Waals surface area (Å²) < 4.78 is 16.4. The Morgan fingerprint density at radius 1 is 0.966 bits per heavy atom. The molecule has 0 fully saturated rings. The molecule has 0 aliphatic carbocycles. The number of hydrogen-bond donors (Lipinski definition) is 0. The van der Waals surface area contributed by atoms with E-state index in [1.807, 2.05) is 42.5 Å². The molecule has 0 saturated heterocycles. The van der Waals surface area contributed by atoms with Gasteiger partial charge in [0, 0.05) is 41.4 Å². The van der Waals surface area contributed by atoms with Crippen molar-refractivity contribution < 1.29 is 13.9 Å². The summed E-state index contributed by atoms with van der Waals surface area (Å²) in [5.41, 5.74) is 4.02. The van der Waals surface area contributed by atoms with E-state index < -0.39 is 0 Å². The lowest BCUT2D eigenvalue weighted by Gasteiger charge is -2.10. The van der Waals surface area contributed by atoms with Crippen molar-refractivity contribution in [3.63, 3.8) is 0 Å². The average molecular weight is 405 g/mol. The summed E-state index contributed by atoms with van der Waals surface area (Å²) >= 11 is 5.61. The van der Waals surface area contributed by atoms with Gasteiger partial charge < -0.3 is 13.9 Å². The van der Waals surface area contributed by atoms with Crippen molar-refractivity contribution in [2.75, 3.05) is 14.2 Å². The van der Waals surface area contributed by atoms with Crippen LogP contribution >= 0.6 is 12.2 Å². The molecule has 0 aliphatic rings. The fourth-order valence-corrected chi connectivity index (χ4v) is 3.40. The SMILES string of the molecule is COc1ccc(CC(=S)Cc2cc(-c3nc4ncccc4o3)ccn2)cc1OC. The average Bonchev–Trinajstić information content (AvgIpc) is 3.18. The van der Waals surface area contributed by atoms with Crippen LogP contribution in [0.5, 0.6) is 11.5 Å². The van der Waals surface area contributed by atoms with Crippen LogP contribution in [0, 0.1) is 0 Å². The highest BCUT2D eigenvalue weighted by Crippen LogP contribution is 2.28. The monoisotopic (exact) mass is 405 g/mol. The summed E-state index contributed by atoms with van der Waals surface area (Å²) in [6.45, 7) is 0. The maximum absolute atomic E-state index is 5.80. The van der Waals surface area contributed by atoms with Gasteiger partial charge in [-0.15, -0.1) is 0 Å². The first-order chi connectivity index (χ1) is 14.2. The van der Waals surface area contributed by atoms with Crippen molar-refractivity contribution in [1.29, 1.82) is 0 Å². The Kier molecular flexibility index (Phi) is 5.48. The number of thiocarbonyl (C=S) groups is 1. The first-order valence-corrected chi connectivity index (χ1v) is 9.46. The van der Waals surface area contributed by atoms with Gasteiger partial charge in [0.1, 0.15) is 0 Å². The molecule has 146 valence electrons. The lowest BCUT2D eigenvalue weighted by molar-refractivity contribution is 0.354. The normalized spacial score (nSPS) is 10.8. The summed E-state index contributed by atoms with van der Waals surface area (Å²) in [6, 6.07) is 13.3. The largest absolute Gasteiger partial charge is 0.493 e. The number of nitrogens with zero attached hydrogens (tertiary/aromatic N) is 3. The van der Waals surface area contributed by atoms with Crippen LogP contribution in [-0.2, 0) is 12.8 Å². The van der Waals surface area contributed by atoms with Gasteiger partial charge in [0.25, 0.3) is 0 Å². The molecule has 0 radical (unpaired) electrons. The molecule has 29 heavy (non-hydrogen) atoms. The van der Waals surface area contributed by atoms with Crippen molar-refractivity contribution in [1.82, 2.24) is 15.0 Å². The maximum Gasteiger partial charge on any atom is 0.229 e. The summed E-state index contributed by atoms with van der Waals surface area (Å²) in [6.07, 6.45) is 4.66. The predicted molar refractivity (Wildman–Crippen MR) is 115 cm³/mol. The fourth-order valence-electron chi connectivity index (χ4n) is 3.08. The molecule has 7 heteroatoms. The zero-order valence-corrected chi connectivity index (χ0v) is 16.9. The van der Waals surface area contributed by atoms with Crippen LogP contribution in [0.25, 0.3) is 22.7 Å². The van der Waals surface area contributed by atoms with E-state index in [9.17, 15) is 0 Å². The Morgan fingerprint density at radius 2 is 1.83 bits per heavy atom. The zero-order valence-electron chi connectivity index (χ0n) is 16.1. The lowest BCUT2D eigenvalue weighted by Crippen LogP contribution is -2.06. The van der Waals surface area contributed by atoms with E-state index in [0.29, 0.717) is 41.5 Å². The van der Waals surface area contributed by atoms with Crippen LogP contribution in [0.4, 0.5) is 0 Å². The van der Waals surface area contributed by atoms with Crippen LogP contribution in [0.15, 0.2) is 59.3 Å². The summed E-state index contributed by atoms with van der Waals surface area (Å²) in [7, 11) is 3.24. The first-order valence-electron chi connectivity index (χ1n) is 9.05. The minimum absolute atomic E-state index is 0.521. The van der Waals surface area contributed by atoms with Crippen LogP contribution in [0.3, 0.4) is 0 Å². The highest BCUT2D eigenvalue weighted by molar-refractivity contribution is 7.80. The number of methoxy groups -OCH3 is 2. The topological polar surface area (TPSA) is 70.3 Å². The van der Waals surface area contributed by atoms with Crippen LogP contribution in [-0.4, -0.2) is 34.0 Å². The highest BCUT2D eigenvalue weighted by atomic mass is 32.1. The zero-order chi connectivity index (χ0) is 20.2. The lowest BCUT2D eigenvalue weighted by atomic mass is 10.0. The minimum atomic E-state index is 0.521. The molecular formula is C22H19N3O3S. The van der Waals surface area contributed by atoms with E-state index in [1.165, 1.54) is 0 Å². The molecule has 4 rings (SSSR count). The van der Waals surface area contributed by atoms with Crippen molar-refractivity contribution in [2.45, 2.75) is 12.8 Å². The Morgan fingerprint density at radius 3 is 2.62 bits per heavy atom. The fraction of sp³-hybridized carbons (Fsp3) is 0.182. The number of fused-ring (bicyclic) bond motifs is 1. The number of oxazole rings is 1. The predicted octanol–water partition coefficient (Wildman–Crippen LogP) is 4.46. The number of pyridine rings is 2. The van der Waals surface area contributed by atoms with E-state index >= 15 is 0 Å². The smallest absolute Gasteiger partial charge is 0.229 e. The molecule has 0 atom stereocenters. The van der Waals surface area contributed by atoms with Gasteiger partial charge >= 0.3 is 0 Å². The molecule has 0 spiro atoms. The number of ether oxygens (including phenoxy) is 2. The van der Waals surface area contributed by atoms with Gasteiger partial charge in [-0.3, -0.25) is 4.98 Å². The van der Waals surface area contributed by atoms with Gasteiger partial charge in [-0.1, -0.05) is 18.3 Å². The molecule has 3 heterocycles. The molecule has 0 saturated carbocycles. The van der Waals surface area contributed by atoms with E-state index in [-0.39, 0.29) is 0 Å². The summed E-state index contributed by atoms with van der Waals surface area (Å²) in [5.74, 6) is 1.91. The van der Waals surface area contributed by atoms with E-state index in [0.717, 1.165) is 21.7 Å². The van der Waals surface area contributed by atoms with Gasteiger partial charge in [0.05, 0.1) is 14.2 Å². The second-order valence-corrected chi connectivity index (χ2v) is 7.04. The first kappa shape index (κ1) is 19.0. The van der Waals surface area contributed by atoms with Gasteiger partial charge in [0.2, 0.25) is 5.89 Å². The molecule has 0 bridgehead atoms. The number of benzene rings is 1. The second kappa shape index (κ2) is 8.36. The second-order valence-electron chi connectivity index (χ2n) is 6.46. The maximum atomic E-state index is 5.80. The Bertz CT molecular complexity index is 1140. The number of rotatable bonds is 7. The van der Waals surface area contributed by atoms with Gasteiger partial charge in [-0.2, -0.15) is 4.98 Å². The molecule has 0 aliphatic heterocycles. The number of aromatic nitrogens is 3. The quantitative estimate of drug-likeness (QED) is 0.421. The minimum Gasteiger partial charge on any atom is -0.493 e. The Balaban J connectivity index is 1.49. The Hall–Kier alpha value is -3.32. The third-order valence-corrected chi connectivity index (χ3v) is 4.74. The molecular weight excluding hydrogens is 386 g/mol. The summed E-state index contributed by atoms with van der Waals surface area (Å²) in [5, 5.41) is 0. The molecule has 0 amide bonds. The highest BCUT2D eigenvalue weighted by Gasteiger charge is 2.11. The Labute approximate surface area is 173 Å². The number of hydrogen-bond acceptors (Lipinski definition) is 7. The van der Waals surface area contributed by atoms with E-state index in [1.54, 1.807) is 26.6 Å². The van der Waals surface area contributed by atoms with Crippen molar-refractivity contribution >= 4 is 28.3 Å². The third-order valence-electron chi connectivity index (χ3n) is 4.46. The summed E-state index contributed by atoms with van der Waals surface area (Å²) in [4.78, 5) is 14.0. The van der Waals surface area contributed by atoms with Crippen molar-refractivity contribution in [3.8, 4) is 23.0 Å². The van der Waals surface area contributed by atoms with E-state index in [4.69, 9.17) is 26.1 Å². The third kappa shape index (κ3) is 4.25. The molecule has 0 N–H and O–H groups in total. The van der Waals surface area contributed by atoms with Crippen LogP contribution in [0.1, 0.15) is 11.3 Å². The van der Waals surface area contributed by atoms with Gasteiger partial charge in [-0.05, 0) is 42.0 Å². The van der Waals surface area contributed by atoms with Crippen molar-refractivity contribution in [3.05, 3.63) is 66.1 Å². The van der Waals surface area contributed by atoms with E-state index in [2.05, 4.69) is 15.0 Å². The molecule has 4 aromatic rings. The molecule has 0 unspecified atom stereocenters. The van der Waals surface area contributed by atoms with Gasteiger partial charge in [0.15, 0.2) is 22.7 Å². The van der Waals surface area contributed by atoms with Crippen molar-refractivity contribution in [2.24, 2.45) is 0 Å². The van der Waals surface area contributed by atoms with Crippen LogP contribution < -0.4 is 9.47 Å². The van der Waals surface area contributed by atoms with Crippen LogP contribution in [0.2, 0.25) is 0 Å². The molecule has 3 aromatic heterocycles. The molecule has 6 nitrogen and oxygen atoms in total. The standard InChI is InChI=1S/C22H19N3O3S/c1-26-18-6-5-14(11-20(18)27-2)10-17(29)13-16-12-15(7-9-23-16)22-25-21-19(28-22)4-3-8-24-21/h3-9,11-12H,10,13H2,1-2H3. The molecule has 1 aromatic carbocycles. The van der Waals surface area contributed by atoms with Gasteiger partial charge in [-0.25, -0.2) is 4.98 Å².